The second-order valence-corrected chi connectivity index (χ2v) is 6.08. The summed E-state index contributed by atoms with van der Waals surface area (Å²) in [7, 11) is 1.53. The van der Waals surface area contributed by atoms with Gasteiger partial charge in [0, 0.05) is 13.6 Å². The molecule has 26 heavy (non-hydrogen) atoms. The van der Waals surface area contributed by atoms with Gasteiger partial charge in [0.2, 0.25) is 0 Å². The summed E-state index contributed by atoms with van der Waals surface area (Å²) in [6.45, 7) is 1.23. The van der Waals surface area contributed by atoms with E-state index in [4.69, 9.17) is 21.6 Å². The fraction of sp³-hybridized carbons (Fsp3) is 0.353. The molecule has 9 heteroatoms. The Bertz CT molecular complexity index is 853. The first-order valence-electron chi connectivity index (χ1n) is 8.06. The topological polar surface area (TPSA) is 113 Å². The number of hydrogen-bond acceptors (Lipinski definition) is 7. The highest BCUT2D eigenvalue weighted by atomic mass is 35.5. The SMILES string of the molecule is CNC(=O)c1cc(-c2cc([C@@H]3OCCN[C@H]3CC#N)cc(Cl)n2)ncn1. The number of nitrogens with zero attached hydrogens (tertiary/aromatic N) is 4. The van der Waals surface area contributed by atoms with E-state index in [1.54, 1.807) is 12.1 Å². The van der Waals surface area contributed by atoms with Crippen molar-refractivity contribution in [3.63, 3.8) is 0 Å². The minimum absolute atomic E-state index is 0.133. The minimum Gasteiger partial charge on any atom is -0.371 e. The Morgan fingerprint density at radius 3 is 3.04 bits per heavy atom. The average molecular weight is 373 g/mol. The van der Waals surface area contributed by atoms with Crippen LogP contribution in [0.25, 0.3) is 11.4 Å². The van der Waals surface area contributed by atoms with Gasteiger partial charge in [-0.15, -0.1) is 0 Å². The quantitative estimate of drug-likeness (QED) is 0.782. The van der Waals surface area contributed by atoms with E-state index in [9.17, 15) is 4.79 Å². The van der Waals surface area contributed by atoms with Crippen molar-refractivity contribution in [2.75, 3.05) is 20.2 Å². The summed E-state index contributed by atoms with van der Waals surface area (Å²) < 4.78 is 5.86. The summed E-state index contributed by atoms with van der Waals surface area (Å²) in [5.74, 6) is -0.315. The van der Waals surface area contributed by atoms with Crippen LogP contribution in [0.2, 0.25) is 5.15 Å². The van der Waals surface area contributed by atoms with Crippen molar-refractivity contribution in [1.82, 2.24) is 25.6 Å². The number of halogens is 1. The van der Waals surface area contributed by atoms with E-state index in [0.29, 0.717) is 31.0 Å². The highest BCUT2D eigenvalue weighted by Crippen LogP contribution is 2.30. The molecule has 1 aliphatic rings. The van der Waals surface area contributed by atoms with Crippen LogP contribution >= 0.6 is 11.6 Å². The third-order valence-corrected chi connectivity index (χ3v) is 4.21. The van der Waals surface area contributed by atoms with Crippen LogP contribution in [0.4, 0.5) is 0 Å². The summed E-state index contributed by atoms with van der Waals surface area (Å²) >= 11 is 6.20. The predicted molar refractivity (Wildman–Crippen MR) is 94.4 cm³/mol. The molecule has 134 valence electrons. The molecular weight excluding hydrogens is 356 g/mol. The number of nitriles is 1. The standard InChI is InChI=1S/C17H17ClN6O2/c1-20-17(25)14-8-12(22-9-23-14)13-6-10(7-15(18)24-13)16-11(2-3-19)21-4-5-26-16/h6-9,11,16,21H,2,4-5H2,1H3,(H,20,25)/t11-,16-/m0/s1. The van der Waals surface area contributed by atoms with Crippen LogP contribution in [-0.2, 0) is 4.74 Å². The van der Waals surface area contributed by atoms with Gasteiger partial charge in [0.25, 0.3) is 5.91 Å². The maximum atomic E-state index is 11.8. The van der Waals surface area contributed by atoms with Gasteiger partial charge in [0.05, 0.1) is 42.6 Å². The van der Waals surface area contributed by atoms with E-state index in [0.717, 1.165) is 5.56 Å². The second-order valence-electron chi connectivity index (χ2n) is 5.69. The lowest BCUT2D eigenvalue weighted by atomic mass is 9.98. The van der Waals surface area contributed by atoms with Crippen LogP contribution in [0, 0.1) is 11.3 Å². The lowest BCUT2D eigenvalue weighted by Crippen LogP contribution is -2.43. The Labute approximate surface area is 155 Å². The Morgan fingerprint density at radius 2 is 2.27 bits per heavy atom. The van der Waals surface area contributed by atoms with E-state index < -0.39 is 0 Å². The summed E-state index contributed by atoms with van der Waals surface area (Å²) in [6, 6.07) is 7.11. The number of hydrogen-bond donors (Lipinski definition) is 2. The molecule has 8 nitrogen and oxygen atoms in total. The third kappa shape index (κ3) is 3.96. The Balaban J connectivity index is 1.98. The largest absolute Gasteiger partial charge is 0.371 e. The number of amides is 1. The number of aromatic nitrogens is 3. The summed E-state index contributed by atoms with van der Waals surface area (Å²) in [5.41, 5.74) is 2.01. The van der Waals surface area contributed by atoms with Crippen molar-refractivity contribution >= 4 is 17.5 Å². The summed E-state index contributed by atoms with van der Waals surface area (Å²) in [4.78, 5) is 24.2. The minimum atomic E-state index is -0.317. The molecule has 1 amide bonds. The zero-order valence-corrected chi connectivity index (χ0v) is 14.8. The number of rotatable bonds is 4. The van der Waals surface area contributed by atoms with Gasteiger partial charge in [-0.05, 0) is 23.8 Å². The number of ether oxygens (including phenoxy) is 1. The van der Waals surface area contributed by atoms with Gasteiger partial charge in [0.1, 0.15) is 17.2 Å². The molecular formula is C17H17ClN6O2. The first kappa shape index (κ1) is 18.2. The summed E-state index contributed by atoms with van der Waals surface area (Å²) in [5, 5.41) is 15.1. The molecule has 2 aromatic heterocycles. The predicted octanol–water partition coefficient (Wildman–Crippen LogP) is 1.49. The maximum absolute atomic E-state index is 11.8. The Hall–Kier alpha value is -2.60. The van der Waals surface area contributed by atoms with E-state index in [2.05, 4.69) is 31.7 Å². The lowest BCUT2D eigenvalue weighted by molar-refractivity contribution is -0.00415. The Kier molecular flexibility index (Phi) is 5.73. The molecule has 2 aromatic rings. The van der Waals surface area contributed by atoms with Crippen molar-refractivity contribution in [2.24, 2.45) is 0 Å². The van der Waals surface area contributed by atoms with Gasteiger partial charge in [-0.25, -0.2) is 15.0 Å². The monoisotopic (exact) mass is 372 g/mol. The molecule has 0 saturated carbocycles. The maximum Gasteiger partial charge on any atom is 0.269 e. The first-order chi connectivity index (χ1) is 12.6. The van der Waals surface area contributed by atoms with Crippen molar-refractivity contribution in [2.45, 2.75) is 18.6 Å². The molecule has 0 unspecified atom stereocenters. The van der Waals surface area contributed by atoms with Crippen LogP contribution in [0.15, 0.2) is 24.5 Å². The van der Waals surface area contributed by atoms with E-state index in [1.165, 1.54) is 13.4 Å². The second kappa shape index (κ2) is 8.19. The van der Waals surface area contributed by atoms with Crippen LogP contribution in [-0.4, -0.2) is 47.1 Å². The zero-order chi connectivity index (χ0) is 18.5. The molecule has 2 N–H and O–H groups in total. The molecule has 0 bridgehead atoms. The molecule has 1 aliphatic heterocycles. The fourth-order valence-corrected chi connectivity index (χ4v) is 3.04. The molecule has 0 aliphatic carbocycles. The Morgan fingerprint density at radius 1 is 1.42 bits per heavy atom. The number of nitrogens with one attached hydrogen (secondary N) is 2. The van der Waals surface area contributed by atoms with Gasteiger partial charge in [-0.3, -0.25) is 4.79 Å². The summed E-state index contributed by atoms with van der Waals surface area (Å²) in [6.07, 6.45) is 1.30. The van der Waals surface area contributed by atoms with Crippen molar-refractivity contribution in [3.05, 3.63) is 40.9 Å². The average Bonchev–Trinajstić information content (AvgIpc) is 2.67. The fourth-order valence-electron chi connectivity index (χ4n) is 2.82. The molecule has 2 atom stereocenters. The van der Waals surface area contributed by atoms with E-state index in [1.807, 2.05) is 6.07 Å². The highest BCUT2D eigenvalue weighted by Gasteiger charge is 2.28. The van der Waals surface area contributed by atoms with Crippen molar-refractivity contribution < 1.29 is 9.53 Å². The van der Waals surface area contributed by atoms with Gasteiger partial charge < -0.3 is 15.4 Å². The number of pyridine rings is 1. The highest BCUT2D eigenvalue weighted by molar-refractivity contribution is 6.29. The molecule has 1 saturated heterocycles. The van der Waals surface area contributed by atoms with Crippen LogP contribution < -0.4 is 10.6 Å². The van der Waals surface area contributed by atoms with Gasteiger partial charge in [-0.1, -0.05) is 11.6 Å². The third-order valence-electron chi connectivity index (χ3n) is 4.02. The van der Waals surface area contributed by atoms with Crippen molar-refractivity contribution in [3.8, 4) is 17.5 Å². The normalized spacial score (nSPS) is 19.6. The number of carbonyl (C=O) groups is 1. The van der Waals surface area contributed by atoms with Gasteiger partial charge in [-0.2, -0.15) is 5.26 Å². The molecule has 0 aromatic carbocycles. The number of carbonyl (C=O) groups excluding carboxylic acids is 1. The van der Waals surface area contributed by atoms with Crippen LogP contribution in [0.1, 0.15) is 28.6 Å². The zero-order valence-electron chi connectivity index (χ0n) is 14.1. The van der Waals surface area contributed by atoms with Crippen molar-refractivity contribution in [1.29, 1.82) is 5.26 Å². The van der Waals surface area contributed by atoms with Crippen LogP contribution in [0.5, 0.6) is 0 Å². The number of morpholine rings is 1. The molecule has 0 radical (unpaired) electrons. The van der Waals surface area contributed by atoms with Crippen LogP contribution in [0.3, 0.4) is 0 Å². The molecule has 1 fully saturated rings. The lowest BCUT2D eigenvalue weighted by Gasteiger charge is -2.32. The molecule has 3 heterocycles. The first-order valence-corrected chi connectivity index (χ1v) is 8.44. The van der Waals surface area contributed by atoms with Gasteiger partial charge in [0.15, 0.2) is 0 Å². The van der Waals surface area contributed by atoms with E-state index >= 15 is 0 Å². The van der Waals surface area contributed by atoms with Gasteiger partial charge >= 0.3 is 0 Å². The smallest absolute Gasteiger partial charge is 0.269 e. The molecule has 0 spiro atoms. The van der Waals surface area contributed by atoms with E-state index in [-0.39, 0.29) is 28.9 Å². The molecule has 3 rings (SSSR count).